The molecule has 0 aliphatic rings. The molecule has 0 saturated carbocycles. The quantitative estimate of drug-likeness (QED) is 0.844. The first-order valence-electron chi connectivity index (χ1n) is 6.43. The Hall–Kier alpha value is -0.540. The molecule has 1 aromatic heterocycles. The van der Waals surface area contributed by atoms with Crippen LogP contribution < -0.4 is 5.32 Å². The smallest absolute Gasteiger partial charge is 0.0820 e. The van der Waals surface area contributed by atoms with Gasteiger partial charge in [-0.1, -0.05) is 25.4 Å². The van der Waals surface area contributed by atoms with E-state index in [0.29, 0.717) is 18.0 Å². The first-order valence-corrected chi connectivity index (χ1v) is 6.81. The summed E-state index contributed by atoms with van der Waals surface area (Å²) in [6, 6.07) is 0.857. The fraction of sp³-hybridized carbons (Fsp3) is 0.769. The van der Waals surface area contributed by atoms with E-state index in [0.717, 1.165) is 23.7 Å². The molecule has 0 aliphatic carbocycles. The highest BCUT2D eigenvalue weighted by atomic mass is 35.5. The SMILES string of the molecule is CCNC(C)CC(C)c1c(Cl)cnn1C(C)C. The maximum absolute atomic E-state index is 6.24. The Balaban J connectivity index is 2.80. The van der Waals surface area contributed by atoms with E-state index in [1.807, 2.05) is 4.68 Å². The molecule has 1 N–H and O–H groups in total. The molecule has 0 radical (unpaired) electrons. The average Bonchev–Trinajstić information content (AvgIpc) is 2.60. The van der Waals surface area contributed by atoms with Gasteiger partial charge in [0.05, 0.1) is 16.9 Å². The van der Waals surface area contributed by atoms with Gasteiger partial charge in [0.25, 0.3) is 0 Å². The van der Waals surface area contributed by atoms with Crippen LogP contribution in [0, 0.1) is 0 Å². The fourth-order valence-electron chi connectivity index (χ4n) is 2.30. The minimum absolute atomic E-state index is 0.356. The molecule has 0 amide bonds. The molecular formula is C13H24ClN3. The topological polar surface area (TPSA) is 29.9 Å². The zero-order valence-electron chi connectivity index (χ0n) is 11.5. The summed E-state index contributed by atoms with van der Waals surface area (Å²) in [6.07, 6.45) is 2.83. The first-order chi connectivity index (χ1) is 7.97. The third kappa shape index (κ3) is 3.71. The van der Waals surface area contributed by atoms with Crippen molar-refractivity contribution >= 4 is 11.6 Å². The van der Waals surface area contributed by atoms with Crippen LogP contribution in [0.15, 0.2) is 6.20 Å². The van der Waals surface area contributed by atoms with Gasteiger partial charge < -0.3 is 5.32 Å². The molecule has 17 heavy (non-hydrogen) atoms. The average molecular weight is 258 g/mol. The number of hydrogen-bond acceptors (Lipinski definition) is 2. The van der Waals surface area contributed by atoms with Gasteiger partial charge in [-0.05, 0) is 33.7 Å². The van der Waals surface area contributed by atoms with Gasteiger partial charge in [0, 0.05) is 18.0 Å². The number of nitrogens with zero attached hydrogens (tertiary/aromatic N) is 2. The van der Waals surface area contributed by atoms with Crippen molar-refractivity contribution in [3.05, 3.63) is 16.9 Å². The van der Waals surface area contributed by atoms with Crippen molar-refractivity contribution in [2.75, 3.05) is 6.54 Å². The second-order valence-corrected chi connectivity index (χ2v) is 5.42. The van der Waals surface area contributed by atoms with Gasteiger partial charge >= 0.3 is 0 Å². The summed E-state index contributed by atoms with van der Waals surface area (Å²) < 4.78 is 2.03. The maximum Gasteiger partial charge on any atom is 0.0820 e. The molecule has 0 fully saturated rings. The second kappa shape index (κ2) is 6.41. The lowest BCUT2D eigenvalue weighted by Gasteiger charge is -2.21. The summed E-state index contributed by atoms with van der Waals surface area (Å²) >= 11 is 6.24. The molecule has 2 atom stereocenters. The Kier molecular flexibility index (Phi) is 5.47. The zero-order valence-corrected chi connectivity index (χ0v) is 12.3. The minimum atomic E-state index is 0.356. The number of halogens is 1. The van der Waals surface area contributed by atoms with Crippen molar-refractivity contribution in [3.8, 4) is 0 Å². The van der Waals surface area contributed by atoms with E-state index in [-0.39, 0.29) is 0 Å². The van der Waals surface area contributed by atoms with Crippen LogP contribution in [0.5, 0.6) is 0 Å². The van der Waals surface area contributed by atoms with Crippen LogP contribution in [-0.4, -0.2) is 22.4 Å². The molecule has 0 saturated heterocycles. The predicted octanol–water partition coefficient (Wildman–Crippen LogP) is 3.61. The second-order valence-electron chi connectivity index (χ2n) is 5.01. The van der Waals surface area contributed by atoms with Crippen LogP contribution in [-0.2, 0) is 0 Å². The van der Waals surface area contributed by atoms with Crippen molar-refractivity contribution in [3.63, 3.8) is 0 Å². The van der Waals surface area contributed by atoms with E-state index >= 15 is 0 Å². The van der Waals surface area contributed by atoms with Gasteiger partial charge in [0.15, 0.2) is 0 Å². The Bertz CT molecular complexity index is 346. The van der Waals surface area contributed by atoms with E-state index < -0.39 is 0 Å². The third-order valence-corrected chi connectivity index (χ3v) is 3.29. The molecule has 2 unspecified atom stereocenters. The van der Waals surface area contributed by atoms with E-state index in [1.54, 1.807) is 6.20 Å². The molecule has 1 aromatic rings. The van der Waals surface area contributed by atoms with Crippen LogP contribution in [0.4, 0.5) is 0 Å². The molecule has 1 rings (SSSR count). The standard InChI is InChI=1S/C13H24ClN3/c1-6-15-11(5)7-10(4)13-12(14)8-16-17(13)9(2)3/h8-11,15H,6-7H2,1-5H3. The van der Waals surface area contributed by atoms with Crippen LogP contribution >= 0.6 is 11.6 Å². The van der Waals surface area contributed by atoms with Crippen LogP contribution in [0.2, 0.25) is 5.02 Å². The molecule has 4 heteroatoms. The molecule has 1 heterocycles. The molecule has 98 valence electrons. The summed E-state index contributed by atoms with van der Waals surface area (Å²) in [5.74, 6) is 0.418. The molecule has 0 aromatic carbocycles. The molecule has 0 bridgehead atoms. The number of aromatic nitrogens is 2. The minimum Gasteiger partial charge on any atom is -0.315 e. The molecule has 3 nitrogen and oxygen atoms in total. The largest absolute Gasteiger partial charge is 0.315 e. The lowest BCUT2D eigenvalue weighted by molar-refractivity contribution is 0.444. The van der Waals surface area contributed by atoms with Crippen molar-refractivity contribution in [1.82, 2.24) is 15.1 Å². The maximum atomic E-state index is 6.24. The lowest BCUT2D eigenvalue weighted by atomic mass is 9.99. The monoisotopic (exact) mass is 257 g/mol. The number of nitrogens with one attached hydrogen (secondary N) is 1. The van der Waals surface area contributed by atoms with Crippen molar-refractivity contribution < 1.29 is 0 Å². The highest BCUT2D eigenvalue weighted by molar-refractivity contribution is 6.31. The highest BCUT2D eigenvalue weighted by Crippen LogP contribution is 2.29. The first kappa shape index (κ1) is 14.5. The lowest BCUT2D eigenvalue weighted by Crippen LogP contribution is -2.27. The van der Waals surface area contributed by atoms with Gasteiger partial charge in [-0.25, -0.2) is 0 Å². The van der Waals surface area contributed by atoms with Crippen molar-refractivity contribution in [2.45, 2.75) is 59.0 Å². The van der Waals surface area contributed by atoms with E-state index in [4.69, 9.17) is 11.6 Å². The number of hydrogen-bond donors (Lipinski definition) is 1. The molecular weight excluding hydrogens is 234 g/mol. The summed E-state index contributed by atoms with van der Waals surface area (Å²) in [5, 5.41) is 8.57. The third-order valence-electron chi connectivity index (χ3n) is 3.00. The molecule has 0 aliphatic heterocycles. The zero-order chi connectivity index (χ0) is 13.0. The van der Waals surface area contributed by atoms with Crippen LogP contribution in [0.25, 0.3) is 0 Å². The Morgan fingerprint density at radius 3 is 2.53 bits per heavy atom. The normalized spacial score (nSPS) is 15.2. The van der Waals surface area contributed by atoms with Crippen LogP contribution in [0.3, 0.4) is 0 Å². The van der Waals surface area contributed by atoms with Crippen LogP contribution in [0.1, 0.15) is 58.7 Å². The van der Waals surface area contributed by atoms with E-state index in [1.165, 1.54) is 0 Å². The van der Waals surface area contributed by atoms with Gasteiger partial charge in [0.1, 0.15) is 0 Å². The summed E-state index contributed by atoms with van der Waals surface area (Å²) in [4.78, 5) is 0. The van der Waals surface area contributed by atoms with Gasteiger partial charge in [-0.2, -0.15) is 5.10 Å². The van der Waals surface area contributed by atoms with Crippen molar-refractivity contribution in [1.29, 1.82) is 0 Å². The van der Waals surface area contributed by atoms with Crippen molar-refractivity contribution in [2.24, 2.45) is 0 Å². The fourth-order valence-corrected chi connectivity index (χ4v) is 2.61. The Labute approximate surface area is 110 Å². The number of rotatable bonds is 6. The summed E-state index contributed by atoms with van der Waals surface area (Å²) in [5.41, 5.74) is 1.16. The summed E-state index contributed by atoms with van der Waals surface area (Å²) in [7, 11) is 0. The van der Waals surface area contributed by atoms with Gasteiger partial charge in [-0.3, -0.25) is 4.68 Å². The summed E-state index contributed by atoms with van der Waals surface area (Å²) in [6.45, 7) is 11.8. The molecule has 0 spiro atoms. The van der Waals surface area contributed by atoms with Gasteiger partial charge in [-0.15, -0.1) is 0 Å². The Morgan fingerprint density at radius 1 is 1.35 bits per heavy atom. The highest BCUT2D eigenvalue weighted by Gasteiger charge is 2.19. The van der Waals surface area contributed by atoms with E-state index in [9.17, 15) is 0 Å². The predicted molar refractivity (Wildman–Crippen MR) is 73.8 cm³/mol. The Morgan fingerprint density at radius 2 is 2.00 bits per heavy atom. The van der Waals surface area contributed by atoms with E-state index in [2.05, 4.69) is 45.0 Å². The van der Waals surface area contributed by atoms with Gasteiger partial charge in [0.2, 0.25) is 0 Å².